The van der Waals surface area contributed by atoms with Crippen LogP contribution < -0.4 is 0 Å². The summed E-state index contributed by atoms with van der Waals surface area (Å²) in [6.07, 6.45) is 4.34. The van der Waals surface area contributed by atoms with Crippen molar-refractivity contribution in [1.29, 1.82) is 5.26 Å². The van der Waals surface area contributed by atoms with Gasteiger partial charge in [-0.2, -0.15) is 5.26 Å². The van der Waals surface area contributed by atoms with Crippen LogP contribution in [0.1, 0.15) is 82.9 Å². The highest BCUT2D eigenvalue weighted by Gasteiger charge is 2.59. The lowest BCUT2D eigenvalue weighted by molar-refractivity contribution is -0.147. The minimum atomic E-state index is -1.60. The highest BCUT2D eigenvalue weighted by Crippen LogP contribution is 2.56. The molecular formula is C33H38Cl2F2N2O3. The number of methoxy groups -OCH3 is 1. The maximum absolute atomic E-state index is 15.8. The van der Waals surface area contributed by atoms with E-state index in [0.29, 0.717) is 25.7 Å². The molecule has 2 aromatic rings. The minimum Gasteiger partial charge on any atom is -0.469 e. The first-order valence-corrected chi connectivity index (χ1v) is 15.3. The van der Waals surface area contributed by atoms with Gasteiger partial charge in [-0.15, -0.1) is 0 Å². The summed E-state index contributed by atoms with van der Waals surface area (Å²) in [5.41, 5.74) is -1.70. The fourth-order valence-electron chi connectivity index (χ4n) is 7.04. The average molecular weight is 620 g/mol. The molecule has 226 valence electrons. The highest BCUT2D eigenvalue weighted by atomic mass is 35.5. The third kappa shape index (κ3) is 6.45. The van der Waals surface area contributed by atoms with Crippen LogP contribution in [0.15, 0.2) is 36.4 Å². The Morgan fingerprint density at radius 3 is 2.40 bits per heavy atom. The molecule has 0 N–H and O–H groups in total. The molecule has 2 aliphatic rings. The summed E-state index contributed by atoms with van der Waals surface area (Å²) in [4.78, 5) is 27.5. The van der Waals surface area contributed by atoms with E-state index in [0.717, 1.165) is 18.9 Å². The van der Waals surface area contributed by atoms with E-state index < -0.39 is 29.0 Å². The molecule has 5 nitrogen and oxygen atoms in total. The van der Waals surface area contributed by atoms with Gasteiger partial charge in [0.15, 0.2) is 0 Å². The standard InChI is InChI=1S/C33H38Cl2F2N2O3/c1-32(2,3)17-22-18-39(28(40)15-10-20-8-11-21(12-9-20)31(41)42-4)30(24-6-5-7-26(35)29(24)37)33(22,19-38)25-14-13-23(34)16-27(25)36/h5-7,13-14,16,20-22,30H,8-12,15,17-18H2,1-4H3/t20?,21?,22-,30-,33-/m1/s1. The number of likely N-dealkylation sites (tertiary alicyclic amines) is 1. The Morgan fingerprint density at radius 1 is 1.12 bits per heavy atom. The Bertz CT molecular complexity index is 1360. The van der Waals surface area contributed by atoms with Gasteiger partial charge in [-0.1, -0.05) is 62.2 Å². The van der Waals surface area contributed by atoms with E-state index in [9.17, 15) is 14.9 Å². The second-order valence-electron chi connectivity index (χ2n) is 12.9. The average Bonchev–Trinajstić information content (AvgIpc) is 3.25. The monoisotopic (exact) mass is 618 g/mol. The Labute approximate surface area is 257 Å². The van der Waals surface area contributed by atoms with Gasteiger partial charge in [-0.25, -0.2) is 8.78 Å². The van der Waals surface area contributed by atoms with E-state index in [-0.39, 0.29) is 63.3 Å². The summed E-state index contributed by atoms with van der Waals surface area (Å²) in [6, 6.07) is 9.99. The zero-order valence-electron chi connectivity index (χ0n) is 24.6. The lowest BCUT2D eigenvalue weighted by Crippen LogP contribution is -2.41. The third-order valence-corrected chi connectivity index (χ3v) is 9.50. The van der Waals surface area contributed by atoms with Crippen molar-refractivity contribution < 1.29 is 23.1 Å². The van der Waals surface area contributed by atoms with Crippen LogP contribution in [-0.2, 0) is 19.7 Å². The Balaban J connectivity index is 1.75. The molecule has 4 rings (SSSR count). The van der Waals surface area contributed by atoms with Gasteiger partial charge in [0.1, 0.15) is 17.0 Å². The van der Waals surface area contributed by atoms with Crippen LogP contribution in [0.3, 0.4) is 0 Å². The zero-order chi connectivity index (χ0) is 30.8. The number of hydrogen-bond acceptors (Lipinski definition) is 4. The summed E-state index contributed by atoms with van der Waals surface area (Å²) in [5, 5.41) is 11.0. The van der Waals surface area contributed by atoms with E-state index in [4.69, 9.17) is 27.9 Å². The summed E-state index contributed by atoms with van der Waals surface area (Å²) in [6.45, 7) is 6.24. The Kier molecular flexibility index (Phi) is 9.89. The number of carbonyl (C=O) groups excluding carboxylic acids is 2. The molecule has 1 aliphatic heterocycles. The van der Waals surface area contributed by atoms with Crippen molar-refractivity contribution in [3.63, 3.8) is 0 Å². The van der Waals surface area contributed by atoms with Crippen molar-refractivity contribution in [3.8, 4) is 6.07 Å². The Hall–Kier alpha value is -2.69. The van der Waals surface area contributed by atoms with Crippen LogP contribution in [0.4, 0.5) is 8.78 Å². The number of esters is 1. The van der Waals surface area contributed by atoms with Crippen LogP contribution in [0.5, 0.6) is 0 Å². The number of ether oxygens (including phenoxy) is 1. The van der Waals surface area contributed by atoms with E-state index in [1.807, 2.05) is 20.8 Å². The SMILES string of the molecule is COC(=O)C1CCC(CCC(=O)N2C[C@@H](CC(C)(C)C)[C@](C#N)(c3ccc(Cl)cc3F)[C@H]2c2cccc(Cl)c2F)CC1. The summed E-state index contributed by atoms with van der Waals surface area (Å²) in [7, 11) is 1.40. The third-order valence-electron chi connectivity index (χ3n) is 8.97. The normalized spacial score (nSPS) is 26.1. The number of hydrogen-bond donors (Lipinski definition) is 0. The Morgan fingerprint density at radius 2 is 1.81 bits per heavy atom. The molecule has 1 aliphatic carbocycles. The lowest BCUT2D eigenvalue weighted by Gasteiger charge is -2.38. The van der Waals surface area contributed by atoms with E-state index in [2.05, 4.69) is 6.07 Å². The maximum atomic E-state index is 15.8. The van der Waals surface area contributed by atoms with E-state index in [1.165, 1.54) is 31.4 Å². The molecular weight excluding hydrogens is 581 g/mol. The van der Waals surface area contributed by atoms with Gasteiger partial charge in [-0.3, -0.25) is 9.59 Å². The second-order valence-corrected chi connectivity index (χ2v) is 13.8. The topological polar surface area (TPSA) is 70.4 Å². The predicted molar refractivity (Wildman–Crippen MR) is 159 cm³/mol. The molecule has 0 bridgehead atoms. The number of benzene rings is 2. The van der Waals surface area contributed by atoms with Crippen LogP contribution in [0, 0.1) is 46.1 Å². The zero-order valence-corrected chi connectivity index (χ0v) is 26.1. The van der Waals surface area contributed by atoms with Gasteiger partial charge >= 0.3 is 5.97 Å². The summed E-state index contributed by atoms with van der Waals surface area (Å²) >= 11 is 12.3. The molecule has 1 amide bonds. The van der Waals surface area contributed by atoms with Crippen LogP contribution in [0.2, 0.25) is 10.0 Å². The van der Waals surface area contributed by atoms with Gasteiger partial charge in [-0.05, 0) is 68.1 Å². The van der Waals surface area contributed by atoms with E-state index >= 15 is 8.78 Å². The smallest absolute Gasteiger partial charge is 0.308 e. The number of halogens is 4. The molecule has 0 unspecified atom stereocenters. The van der Waals surface area contributed by atoms with Crippen LogP contribution in [-0.4, -0.2) is 30.4 Å². The molecule has 0 aromatic heterocycles. The maximum Gasteiger partial charge on any atom is 0.308 e. The number of nitriles is 1. The van der Waals surface area contributed by atoms with Crippen molar-refractivity contribution in [2.45, 2.75) is 77.2 Å². The van der Waals surface area contributed by atoms with Gasteiger partial charge in [0.25, 0.3) is 0 Å². The van der Waals surface area contributed by atoms with Gasteiger partial charge < -0.3 is 9.64 Å². The quantitative estimate of drug-likeness (QED) is 0.292. The molecule has 2 aromatic carbocycles. The fraction of sp³-hybridized carbons (Fsp3) is 0.545. The highest BCUT2D eigenvalue weighted by molar-refractivity contribution is 6.31. The van der Waals surface area contributed by atoms with Crippen molar-refractivity contribution in [3.05, 3.63) is 69.2 Å². The van der Waals surface area contributed by atoms with Crippen molar-refractivity contribution in [2.24, 2.45) is 23.2 Å². The lowest BCUT2D eigenvalue weighted by atomic mass is 9.63. The van der Waals surface area contributed by atoms with Crippen LogP contribution >= 0.6 is 23.2 Å². The molecule has 0 spiro atoms. The minimum absolute atomic E-state index is 0.0849. The number of carbonyl (C=O) groups is 2. The molecule has 1 saturated carbocycles. The summed E-state index contributed by atoms with van der Waals surface area (Å²) < 4.78 is 36.4. The summed E-state index contributed by atoms with van der Waals surface area (Å²) in [5.74, 6) is -2.17. The first kappa shape index (κ1) is 32.2. The van der Waals surface area contributed by atoms with Crippen LogP contribution in [0.25, 0.3) is 0 Å². The van der Waals surface area contributed by atoms with Gasteiger partial charge in [0, 0.05) is 35.0 Å². The molecule has 9 heteroatoms. The van der Waals surface area contributed by atoms with E-state index in [1.54, 1.807) is 11.0 Å². The largest absolute Gasteiger partial charge is 0.469 e. The predicted octanol–water partition coefficient (Wildman–Crippen LogP) is 8.43. The van der Waals surface area contributed by atoms with Crippen molar-refractivity contribution in [1.82, 2.24) is 4.90 Å². The fourth-order valence-corrected chi connectivity index (χ4v) is 7.38. The molecule has 1 saturated heterocycles. The van der Waals surface area contributed by atoms with Gasteiger partial charge in [0.05, 0.1) is 30.2 Å². The number of amides is 1. The molecule has 2 fully saturated rings. The first-order chi connectivity index (χ1) is 19.8. The molecule has 42 heavy (non-hydrogen) atoms. The number of rotatable bonds is 7. The molecule has 0 radical (unpaired) electrons. The molecule has 3 atom stereocenters. The van der Waals surface area contributed by atoms with Crippen molar-refractivity contribution in [2.75, 3.05) is 13.7 Å². The number of nitrogens with zero attached hydrogens (tertiary/aromatic N) is 2. The molecule has 1 heterocycles. The van der Waals surface area contributed by atoms with Crippen molar-refractivity contribution >= 4 is 35.1 Å². The second kappa shape index (κ2) is 12.9. The first-order valence-electron chi connectivity index (χ1n) is 14.5. The van der Waals surface area contributed by atoms with Gasteiger partial charge in [0.2, 0.25) is 5.91 Å².